The second-order valence-electron chi connectivity index (χ2n) is 4.83. The lowest BCUT2D eigenvalue weighted by molar-refractivity contribution is 0.438. The number of hydrogen-bond donors (Lipinski definition) is 1. The van der Waals surface area contributed by atoms with E-state index < -0.39 is 0 Å². The van der Waals surface area contributed by atoms with Crippen molar-refractivity contribution in [3.8, 4) is 0 Å². The van der Waals surface area contributed by atoms with Gasteiger partial charge in [-0.1, -0.05) is 0 Å². The number of aromatic nitrogens is 2. The Balaban J connectivity index is 1.95. The second kappa shape index (κ2) is 3.63. The minimum Gasteiger partial charge on any atom is -0.316 e. The standard InChI is InChI=1S/C12H19N3/c1-15-12(9-4-3-7-13-8-9)10-5-2-6-11(10)14-15/h9,13H,2-8H2,1H3. The van der Waals surface area contributed by atoms with Crippen LogP contribution in [-0.2, 0) is 19.9 Å². The molecule has 15 heavy (non-hydrogen) atoms. The van der Waals surface area contributed by atoms with Crippen molar-refractivity contribution in [3.05, 3.63) is 17.0 Å². The van der Waals surface area contributed by atoms with Gasteiger partial charge in [0.05, 0.1) is 5.69 Å². The SMILES string of the molecule is Cn1nc2c(c1C1CCCNC1)CCC2. The van der Waals surface area contributed by atoms with Crippen molar-refractivity contribution >= 4 is 0 Å². The summed E-state index contributed by atoms with van der Waals surface area (Å²) < 4.78 is 2.14. The molecule has 2 aliphatic rings. The molecule has 1 aliphatic heterocycles. The molecule has 82 valence electrons. The van der Waals surface area contributed by atoms with Crippen molar-refractivity contribution in [2.75, 3.05) is 13.1 Å². The van der Waals surface area contributed by atoms with Crippen molar-refractivity contribution in [3.63, 3.8) is 0 Å². The Bertz CT molecular complexity index is 361. The molecular formula is C12H19N3. The number of nitrogens with zero attached hydrogens (tertiary/aromatic N) is 2. The monoisotopic (exact) mass is 205 g/mol. The highest BCUT2D eigenvalue weighted by atomic mass is 15.3. The van der Waals surface area contributed by atoms with Gasteiger partial charge in [0.2, 0.25) is 0 Å². The highest BCUT2D eigenvalue weighted by molar-refractivity contribution is 5.33. The Morgan fingerprint density at radius 2 is 2.27 bits per heavy atom. The van der Waals surface area contributed by atoms with E-state index in [0.717, 1.165) is 6.54 Å². The van der Waals surface area contributed by atoms with Crippen LogP contribution in [-0.4, -0.2) is 22.9 Å². The van der Waals surface area contributed by atoms with Gasteiger partial charge in [-0.05, 0) is 44.2 Å². The van der Waals surface area contributed by atoms with Gasteiger partial charge in [0.25, 0.3) is 0 Å². The first kappa shape index (κ1) is 9.40. The lowest BCUT2D eigenvalue weighted by Gasteiger charge is -2.24. The normalized spacial score (nSPS) is 25.5. The summed E-state index contributed by atoms with van der Waals surface area (Å²) in [6, 6.07) is 0. The average Bonchev–Trinajstić information content (AvgIpc) is 2.78. The van der Waals surface area contributed by atoms with Crippen LogP contribution in [0.3, 0.4) is 0 Å². The van der Waals surface area contributed by atoms with Gasteiger partial charge < -0.3 is 5.32 Å². The van der Waals surface area contributed by atoms with E-state index >= 15 is 0 Å². The van der Waals surface area contributed by atoms with E-state index in [4.69, 9.17) is 0 Å². The van der Waals surface area contributed by atoms with E-state index in [0.29, 0.717) is 5.92 Å². The molecule has 0 aromatic carbocycles. The van der Waals surface area contributed by atoms with Gasteiger partial charge in [0.1, 0.15) is 0 Å². The maximum absolute atomic E-state index is 4.66. The maximum Gasteiger partial charge on any atom is 0.0659 e. The number of piperidine rings is 1. The Morgan fingerprint density at radius 3 is 3.07 bits per heavy atom. The lowest BCUT2D eigenvalue weighted by Crippen LogP contribution is -2.30. The van der Waals surface area contributed by atoms with Gasteiger partial charge in [-0.2, -0.15) is 5.10 Å². The summed E-state index contributed by atoms with van der Waals surface area (Å²) in [5, 5.41) is 8.16. The molecule has 1 fully saturated rings. The van der Waals surface area contributed by atoms with Gasteiger partial charge in [0.15, 0.2) is 0 Å². The summed E-state index contributed by atoms with van der Waals surface area (Å²) in [5.74, 6) is 0.707. The Hall–Kier alpha value is -0.830. The minimum atomic E-state index is 0.707. The van der Waals surface area contributed by atoms with Crippen molar-refractivity contribution in [2.45, 2.75) is 38.0 Å². The average molecular weight is 205 g/mol. The van der Waals surface area contributed by atoms with Gasteiger partial charge in [-0.3, -0.25) is 4.68 Å². The number of hydrogen-bond acceptors (Lipinski definition) is 2. The van der Waals surface area contributed by atoms with Crippen LogP contribution >= 0.6 is 0 Å². The fourth-order valence-electron chi connectivity index (χ4n) is 3.14. The summed E-state index contributed by atoms with van der Waals surface area (Å²) in [4.78, 5) is 0. The zero-order chi connectivity index (χ0) is 10.3. The summed E-state index contributed by atoms with van der Waals surface area (Å²) in [7, 11) is 2.11. The zero-order valence-electron chi connectivity index (χ0n) is 9.42. The molecule has 0 bridgehead atoms. The summed E-state index contributed by atoms with van der Waals surface area (Å²) in [6.07, 6.45) is 6.41. The summed E-state index contributed by atoms with van der Waals surface area (Å²) in [5.41, 5.74) is 4.47. The second-order valence-corrected chi connectivity index (χ2v) is 4.83. The fraction of sp³-hybridized carbons (Fsp3) is 0.750. The van der Waals surface area contributed by atoms with Crippen LogP contribution in [0.4, 0.5) is 0 Å². The molecule has 1 aromatic heterocycles. The van der Waals surface area contributed by atoms with Crippen LogP contribution < -0.4 is 5.32 Å². The Labute approximate surface area is 90.9 Å². The minimum absolute atomic E-state index is 0.707. The van der Waals surface area contributed by atoms with Crippen LogP contribution in [0.1, 0.15) is 42.1 Å². The van der Waals surface area contributed by atoms with E-state index in [2.05, 4.69) is 22.1 Å². The van der Waals surface area contributed by atoms with Gasteiger partial charge in [-0.15, -0.1) is 0 Å². The molecule has 1 atom stereocenters. The molecule has 3 nitrogen and oxygen atoms in total. The number of rotatable bonds is 1. The molecule has 0 spiro atoms. The Kier molecular flexibility index (Phi) is 2.28. The first-order valence-electron chi connectivity index (χ1n) is 6.11. The first-order valence-corrected chi connectivity index (χ1v) is 6.11. The third kappa shape index (κ3) is 1.49. The van der Waals surface area contributed by atoms with Gasteiger partial charge >= 0.3 is 0 Å². The van der Waals surface area contributed by atoms with Crippen LogP contribution in [0.2, 0.25) is 0 Å². The predicted molar refractivity (Wildman–Crippen MR) is 60.1 cm³/mol. The molecule has 1 saturated heterocycles. The number of aryl methyl sites for hydroxylation is 2. The van der Waals surface area contributed by atoms with Gasteiger partial charge in [0, 0.05) is 25.2 Å². The highest BCUT2D eigenvalue weighted by Gasteiger charge is 2.27. The van der Waals surface area contributed by atoms with Crippen molar-refractivity contribution < 1.29 is 0 Å². The Morgan fingerprint density at radius 1 is 1.33 bits per heavy atom. The first-order chi connectivity index (χ1) is 7.36. The number of fused-ring (bicyclic) bond motifs is 1. The lowest BCUT2D eigenvalue weighted by atomic mass is 9.93. The van der Waals surface area contributed by atoms with Crippen LogP contribution in [0.15, 0.2) is 0 Å². The molecule has 0 saturated carbocycles. The maximum atomic E-state index is 4.66. The molecule has 2 heterocycles. The molecule has 3 heteroatoms. The molecule has 3 rings (SSSR count). The third-order valence-corrected chi connectivity index (χ3v) is 3.80. The van der Waals surface area contributed by atoms with Crippen molar-refractivity contribution in [2.24, 2.45) is 7.05 Å². The summed E-state index contributed by atoms with van der Waals surface area (Å²) >= 11 is 0. The zero-order valence-corrected chi connectivity index (χ0v) is 9.42. The molecule has 0 radical (unpaired) electrons. The molecule has 1 N–H and O–H groups in total. The van der Waals surface area contributed by atoms with Crippen molar-refractivity contribution in [1.82, 2.24) is 15.1 Å². The van der Waals surface area contributed by atoms with Crippen LogP contribution in [0.25, 0.3) is 0 Å². The topological polar surface area (TPSA) is 29.9 Å². The highest BCUT2D eigenvalue weighted by Crippen LogP contribution is 2.32. The largest absolute Gasteiger partial charge is 0.316 e. The smallest absolute Gasteiger partial charge is 0.0659 e. The van der Waals surface area contributed by atoms with E-state index in [9.17, 15) is 0 Å². The van der Waals surface area contributed by atoms with Crippen LogP contribution in [0, 0.1) is 0 Å². The molecule has 1 unspecified atom stereocenters. The number of nitrogens with one attached hydrogen (secondary N) is 1. The van der Waals surface area contributed by atoms with E-state index in [1.807, 2.05) is 0 Å². The fourth-order valence-corrected chi connectivity index (χ4v) is 3.14. The van der Waals surface area contributed by atoms with Gasteiger partial charge in [-0.25, -0.2) is 0 Å². The van der Waals surface area contributed by atoms with Crippen LogP contribution in [0.5, 0.6) is 0 Å². The molecule has 0 amide bonds. The summed E-state index contributed by atoms with van der Waals surface area (Å²) in [6.45, 7) is 2.34. The third-order valence-electron chi connectivity index (χ3n) is 3.80. The van der Waals surface area contributed by atoms with Crippen molar-refractivity contribution in [1.29, 1.82) is 0 Å². The van der Waals surface area contributed by atoms with E-state index in [1.165, 1.54) is 50.0 Å². The predicted octanol–water partition coefficient (Wildman–Crippen LogP) is 1.38. The van der Waals surface area contributed by atoms with E-state index in [-0.39, 0.29) is 0 Å². The molecule has 1 aromatic rings. The van der Waals surface area contributed by atoms with E-state index in [1.54, 1.807) is 5.56 Å². The molecular weight excluding hydrogens is 186 g/mol. The quantitative estimate of drug-likeness (QED) is 0.750. The molecule has 1 aliphatic carbocycles.